The molecule has 116 valence electrons. The fourth-order valence-electron chi connectivity index (χ4n) is 2.64. The van der Waals surface area contributed by atoms with E-state index in [2.05, 4.69) is 20.7 Å². The predicted molar refractivity (Wildman–Crippen MR) is 94.3 cm³/mol. The molecule has 2 rings (SSSR count). The summed E-state index contributed by atoms with van der Waals surface area (Å²) < 4.78 is 4.42. The number of halogens is 1. The van der Waals surface area contributed by atoms with E-state index in [1.54, 1.807) is 12.1 Å². The van der Waals surface area contributed by atoms with Gasteiger partial charge in [-0.15, -0.1) is 0 Å². The van der Waals surface area contributed by atoms with E-state index in [0.29, 0.717) is 6.04 Å². The molecule has 0 spiro atoms. The fourth-order valence-corrected chi connectivity index (χ4v) is 3.71. The van der Waals surface area contributed by atoms with Crippen LogP contribution in [0.25, 0.3) is 0 Å². The monoisotopic (exact) mass is 325 g/mol. The van der Waals surface area contributed by atoms with E-state index in [4.69, 9.17) is 11.6 Å². The number of hydrogen-bond acceptors (Lipinski definition) is 3. The number of aryl methyl sites for hydroxylation is 1. The van der Waals surface area contributed by atoms with Gasteiger partial charge in [0.15, 0.2) is 0 Å². The first kappa shape index (κ1) is 16.7. The standard InChI is InChI=1S/C16H24ClN3S/c1-13-11-14(17)9-10-16(13)18-12-19(2)21-20(3)15-7-5-4-6-8-15/h9-12,15H,4-8H2,1-3H3. The number of benzene rings is 1. The third-order valence-electron chi connectivity index (χ3n) is 3.86. The second-order valence-electron chi connectivity index (χ2n) is 5.64. The summed E-state index contributed by atoms with van der Waals surface area (Å²) in [5, 5.41) is 0.756. The van der Waals surface area contributed by atoms with Gasteiger partial charge in [0.05, 0.1) is 5.69 Å². The molecule has 21 heavy (non-hydrogen) atoms. The Hall–Kier alpha value is -0.710. The largest absolute Gasteiger partial charge is 0.297 e. The second kappa shape index (κ2) is 8.06. The summed E-state index contributed by atoms with van der Waals surface area (Å²) in [6.07, 6.45) is 8.60. The van der Waals surface area contributed by atoms with E-state index < -0.39 is 0 Å². The molecule has 0 aliphatic heterocycles. The van der Waals surface area contributed by atoms with Crippen molar-refractivity contribution in [3.8, 4) is 0 Å². The molecule has 0 bridgehead atoms. The maximum Gasteiger partial charge on any atom is 0.102 e. The van der Waals surface area contributed by atoms with Crippen LogP contribution in [-0.2, 0) is 0 Å². The molecule has 1 aliphatic carbocycles. The highest BCUT2D eigenvalue weighted by Gasteiger charge is 2.19. The smallest absolute Gasteiger partial charge is 0.102 e. The summed E-state index contributed by atoms with van der Waals surface area (Å²) in [7, 11) is 4.22. The van der Waals surface area contributed by atoms with Crippen LogP contribution in [0.2, 0.25) is 5.02 Å². The maximum atomic E-state index is 5.96. The van der Waals surface area contributed by atoms with Crippen molar-refractivity contribution in [1.82, 2.24) is 8.61 Å². The zero-order valence-corrected chi connectivity index (χ0v) is 14.6. The summed E-state index contributed by atoms with van der Waals surface area (Å²) in [6, 6.07) is 6.46. The number of hydrogen-bond donors (Lipinski definition) is 0. The molecule has 0 unspecified atom stereocenters. The lowest BCUT2D eigenvalue weighted by atomic mass is 9.96. The molecule has 0 heterocycles. The lowest BCUT2D eigenvalue weighted by Gasteiger charge is -2.31. The number of nitrogens with zero attached hydrogens (tertiary/aromatic N) is 3. The van der Waals surface area contributed by atoms with Crippen molar-refractivity contribution in [2.75, 3.05) is 14.1 Å². The Balaban J connectivity index is 1.88. The molecule has 5 heteroatoms. The Bertz CT molecular complexity index is 486. The highest BCUT2D eigenvalue weighted by molar-refractivity contribution is 7.95. The van der Waals surface area contributed by atoms with Gasteiger partial charge < -0.3 is 0 Å². The van der Waals surface area contributed by atoms with Gasteiger partial charge in [0.2, 0.25) is 0 Å². The summed E-state index contributed by atoms with van der Waals surface area (Å²) in [4.78, 5) is 4.54. The van der Waals surface area contributed by atoms with Crippen LogP contribution in [0.4, 0.5) is 5.69 Å². The van der Waals surface area contributed by atoms with Crippen LogP contribution >= 0.6 is 23.7 Å². The normalized spacial score (nSPS) is 16.8. The average molecular weight is 326 g/mol. The van der Waals surface area contributed by atoms with Crippen molar-refractivity contribution in [3.05, 3.63) is 28.8 Å². The van der Waals surface area contributed by atoms with Gasteiger partial charge in [-0.2, -0.15) is 0 Å². The van der Waals surface area contributed by atoms with Crippen molar-refractivity contribution >= 4 is 35.8 Å². The quantitative estimate of drug-likeness (QED) is 0.428. The summed E-state index contributed by atoms with van der Waals surface area (Å²) >= 11 is 7.69. The van der Waals surface area contributed by atoms with Gasteiger partial charge >= 0.3 is 0 Å². The first-order valence-electron chi connectivity index (χ1n) is 7.50. The zero-order chi connectivity index (χ0) is 15.2. The van der Waals surface area contributed by atoms with Gasteiger partial charge in [-0.1, -0.05) is 30.9 Å². The summed E-state index contributed by atoms with van der Waals surface area (Å²) in [6.45, 7) is 2.03. The highest BCUT2D eigenvalue weighted by Crippen LogP contribution is 2.27. The lowest BCUT2D eigenvalue weighted by Crippen LogP contribution is -2.31. The van der Waals surface area contributed by atoms with Crippen molar-refractivity contribution in [2.45, 2.75) is 45.1 Å². The minimum Gasteiger partial charge on any atom is -0.297 e. The molecule has 1 aromatic rings. The zero-order valence-electron chi connectivity index (χ0n) is 13.1. The molecule has 0 saturated heterocycles. The summed E-state index contributed by atoms with van der Waals surface area (Å²) in [5.74, 6) is 0. The SMILES string of the molecule is Cc1cc(Cl)ccc1N=CN(C)SN(C)C1CCCCC1. The molecule has 0 atom stereocenters. The average Bonchev–Trinajstić information content (AvgIpc) is 2.47. The fraction of sp³-hybridized carbons (Fsp3) is 0.562. The second-order valence-corrected chi connectivity index (χ2v) is 7.39. The minimum atomic E-state index is 0.692. The van der Waals surface area contributed by atoms with Crippen LogP contribution < -0.4 is 0 Å². The lowest BCUT2D eigenvalue weighted by molar-refractivity contribution is 0.302. The molecular weight excluding hydrogens is 302 g/mol. The third-order valence-corrected chi connectivity index (χ3v) is 5.01. The van der Waals surface area contributed by atoms with E-state index in [0.717, 1.165) is 16.3 Å². The molecular formula is C16H24ClN3S. The van der Waals surface area contributed by atoms with Gasteiger partial charge in [-0.25, -0.2) is 9.30 Å². The molecule has 1 aromatic carbocycles. The summed E-state index contributed by atoms with van der Waals surface area (Å²) in [5.41, 5.74) is 2.06. The van der Waals surface area contributed by atoms with Crippen molar-refractivity contribution < 1.29 is 0 Å². The Morgan fingerprint density at radius 1 is 1.24 bits per heavy atom. The molecule has 1 aliphatic rings. The Labute approximate surface area is 137 Å². The van der Waals surface area contributed by atoms with Crippen LogP contribution in [0.3, 0.4) is 0 Å². The van der Waals surface area contributed by atoms with Crippen molar-refractivity contribution in [2.24, 2.45) is 4.99 Å². The molecule has 0 N–H and O–H groups in total. The van der Waals surface area contributed by atoms with Crippen molar-refractivity contribution in [1.29, 1.82) is 0 Å². The topological polar surface area (TPSA) is 18.8 Å². The molecule has 0 radical (unpaired) electrons. The van der Waals surface area contributed by atoms with Gasteiger partial charge in [0.1, 0.15) is 6.34 Å². The molecule has 1 fully saturated rings. The molecule has 3 nitrogen and oxygen atoms in total. The Kier molecular flexibility index (Phi) is 6.40. The van der Waals surface area contributed by atoms with Crippen molar-refractivity contribution in [3.63, 3.8) is 0 Å². The Morgan fingerprint density at radius 3 is 2.62 bits per heavy atom. The first-order valence-corrected chi connectivity index (χ1v) is 8.61. The first-order chi connectivity index (χ1) is 10.1. The van der Waals surface area contributed by atoms with E-state index >= 15 is 0 Å². The highest BCUT2D eigenvalue weighted by atomic mass is 35.5. The molecule has 0 aromatic heterocycles. The Morgan fingerprint density at radius 2 is 1.95 bits per heavy atom. The van der Waals surface area contributed by atoms with Crippen LogP contribution in [0.15, 0.2) is 23.2 Å². The maximum absolute atomic E-state index is 5.96. The van der Waals surface area contributed by atoms with Crippen LogP contribution in [-0.4, -0.2) is 35.1 Å². The van der Waals surface area contributed by atoms with Gasteiger partial charge in [-0.05, 0) is 50.6 Å². The van der Waals surface area contributed by atoms with E-state index in [1.807, 2.05) is 38.5 Å². The third kappa shape index (κ3) is 5.20. The van der Waals surface area contributed by atoms with E-state index in [9.17, 15) is 0 Å². The molecule has 1 saturated carbocycles. The van der Waals surface area contributed by atoms with E-state index in [1.165, 1.54) is 32.1 Å². The molecule has 0 amide bonds. The van der Waals surface area contributed by atoms with Gasteiger partial charge in [0.25, 0.3) is 0 Å². The predicted octanol–water partition coefficient (Wildman–Crippen LogP) is 5.07. The number of rotatable bonds is 5. The van der Waals surface area contributed by atoms with E-state index in [-0.39, 0.29) is 0 Å². The van der Waals surface area contributed by atoms with Gasteiger partial charge in [-0.3, -0.25) is 4.31 Å². The van der Waals surface area contributed by atoms with Crippen LogP contribution in [0.5, 0.6) is 0 Å². The minimum absolute atomic E-state index is 0.692. The van der Waals surface area contributed by atoms with Crippen LogP contribution in [0, 0.1) is 6.92 Å². The van der Waals surface area contributed by atoms with Gasteiger partial charge in [0, 0.05) is 30.2 Å². The number of aliphatic imine (C=N–C) groups is 1. The van der Waals surface area contributed by atoms with Crippen LogP contribution in [0.1, 0.15) is 37.7 Å².